The number of hydrogen-bond acceptors (Lipinski definition) is 7. The van der Waals surface area contributed by atoms with Gasteiger partial charge >= 0.3 is 5.97 Å². The van der Waals surface area contributed by atoms with Gasteiger partial charge in [-0.05, 0) is 80.7 Å². The lowest BCUT2D eigenvalue weighted by Gasteiger charge is -2.27. The Balaban J connectivity index is 1.11. The van der Waals surface area contributed by atoms with Crippen molar-refractivity contribution >= 4 is 11.8 Å². The Bertz CT molecular complexity index is 1140. The van der Waals surface area contributed by atoms with Crippen molar-refractivity contribution in [2.24, 2.45) is 0 Å². The summed E-state index contributed by atoms with van der Waals surface area (Å²) in [6.07, 6.45) is 8.46. The van der Waals surface area contributed by atoms with Gasteiger partial charge in [-0.2, -0.15) is 0 Å². The summed E-state index contributed by atoms with van der Waals surface area (Å²) in [6.45, 7) is 3.32. The van der Waals surface area contributed by atoms with E-state index in [-0.39, 0.29) is 18.0 Å². The van der Waals surface area contributed by atoms with Crippen molar-refractivity contribution in [2.75, 3.05) is 45.3 Å². The highest BCUT2D eigenvalue weighted by atomic mass is 19.1. The monoisotopic (exact) mass is 541 g/mol. The van der Waals surface area contributed by atoms with Crippen LogP contribution in [0, 0.1) is 5.82 Å². The molecule has 8 nitrogen and oxygen atoms in total. The molecular formula is C30H40FN3O5. The predicted molar refractivity (Wildman–Crippen MR) is 146 cm³/mol. The molecule has 1 aromatic carbocycles. The number of hydrogen-bond donors (Lipinski definition) is 2. The summed E-state index contributed by atoms with van der Waals surface area (Å²) in [6, 6.07) is 6.49. The van der Waals surface area contributed by atoms with E-state index in [2.05, 4.69) is 17.4 Å². The van der Waals surface area contributed by atoms with Gasteiger partial charge in [0.25, 0.3) is 0 Å². The van der Waals surface area contributed by atoms with Gasteiger partial charge in [-0.15, -0.1) is 0 Å². The average Bonchev–Trinajstić information content (AvgIpc) is 3.63. The number of rotatable bonds is 12. The lowest BCUT2D eigenvalue weighted by Crippen LogP contribution is -2.34. The third-order valence-corrected chi connectivity index (χ3v) is 8.05. The SMILES string of the molecule is COc1c(F)cc([C@H]2CCCO2)cc1C(C(=O)O)N1CC[C@@H](OCCCCCc2ccc3c(n2)NCCC3)C1. The smallest absolute Gasteiger partial charge is 0.325 e. The molecule has 0 radical (unpaired) electrons. The number of carboxylic acid groups (broad SMARTS) is 1. The summed E-state index contributed by atoms with van der Waals surface area (Å²) in [5, 5.41) is 13.6. The molecule has 0 spiro atoms. The molecule has 2 aromatic rings. The number of benzene rings is 1. The normalized spacial score (nSPS) is 21.9. The highest BCUT2D eigenvalue weighted by molar-refractivity contribution is 5.77. The first-order valence-corrected chi connectivity index (χ1v) is 14.3. The number of ether oxygens (including phenoxy) is 3. The molecule has 0 saturated carbocycles. The Labute approximate surface area is 229 Å². The molecule has 4 heterocycles. The number of methoxy groups -OCH3 is 1. The van der Waals surface area contributed by atoms with Gasteiger partial charge in [0.1, 0.15) is 11.9 Å². The molecule has 212 valence electrons. The summed E-state index contributed by atoms with van der Waals surface area (Å²) in [7, 11) is 1.38. The summed E-state index contributed by atoms with van der Waals surface area (Å²) in [5.74, 6) is -0.548. The predicted octanol–water partition coefficient (Wildman–Crippen LogP) is 5.07. The zero-order valence-electron chi connectivity index (χ0n) is 22.8. The summed E-state index contributed by atoms with van der Waals surface area (Å²) >= 11 is 0. The zero-order valence-corrected chi connectivity index (χ0v) is 22.8. The van der Waals surface area contributed by atoms with E-state index in [1.807, 2.05) is 4.90 Å². The maximum Gasteiger partial charge on any atom is 0.325 e. The number of nitrogens with one attached hydrogen (secondary N) is 1. The number of aryl methyl sites for hydroxylation is 2. The van der Waals surface area contributed by atoms with Gasteiger partial charge in [0.05, 0.1) is 19.3 Å². The van der Waals surface area contributed by atoms with Gasteiger partial charge in [-0.1, -0.05) is 12.5 Å². The first-order chi connectivity index (χ1) is 19.0. The molecule has 39 heavy (non-hydrogen) atoms. The van der Waals surface area contributed by atoms with E-state index < -0.39 is 17.8 Å². The van der Waals surface area contributed by atoms with Crippen LogP contribution >= 0.6 is 0 Å². The molecule has 0 aliphatic carbocycles. The number of carbonyl (C=O) groups is 1. The number of pyridine rings is 1. The molecule has 5 rings (SSSR count). The van der Waals surface area contributed by atoms with E-state index in [9.17, 15) is 14.3 Å². The van der Waals surface area contributed by atoms with Crippen molar-refractivity contribution in [2.45, 2.75) is 76.0 Å². The van der Waals surface area contributed by atoms with Crippen LogP contribution in [0.15, 0.2) is 24.3 Å². The summed E-state index contributed by atoms with van der Waals surface area (Å²) in [5.41, 5.74) is 3.45. The molecular weight excluding hydrogens is 501 g/mol. The number of halogens is 1. The van der Waals surface area contributed by atoms with Crippen LogP contribution in [-0.4, -0.2) is 67.0 Å². The lowest BCUT2D eigenvalue weighted by atomic mass is 9.97. The molecule has 2 fully saturated rings. The van der Waals surface area contributed by atoms with Crippen LogP contribution in [0.1, 0.15) is 79.5 Å². The van der Waals surface area contributed by atoms with Crippen LogP contribution in [-0.2, 0) is 27.1 Å². The molecule has 3 aliphatic rings. The largest absolute Gasteiger partial charge is 0.493 e. The molecule has 3 atom stereocenters. The standard InChI is InChI=1S/C30H40FN3O5/c1-37-28-24(17-21(18-25(28)31)26-9-6-16-39-26)27(30(35)36)34-14-12-23(19-34)38-15-4-2-3-8-22-11-10-20-7-5-13-32-29(20)33-22/h10-11,17-18,23,26-27H,2-9,12-16,19H2,1H3,(H,32,33)(H,35,36)/t23-,26-,27?/m1/s1. The van der Waals surface area contributed by atoms with Gasteiger partial charge < -0.3 is 24.6 Å². The second-order valence-corrected chi connectivity index (χ2v) is 10.8. The van der Waals surface area contributed by atoms with Crippen molar-refractivity contribution < 1.29 is 28.5 Å². The number of aromatic nitrogens is 1. The molecule has 3 aliphatic heterocycles. The maximum absolute atomic E-state index is 15.0. The fourth-order valence-electron chi connectivity index (χ4n) is 6.03. The summed E-state index contributed by atoms with van der Waals surface area (Å²) in [4.78, 5) is 19.1. The second-order valence-electron chi connectivity index (χ2n) is 10.8. The number of unbranched alkanes of at least 4 members (excludes halogenated alkanes) is 2. The van der Waals surface area contributed by atoms with E-state index >= 15 is 0 Å². The highest BCUT2D eigenvalue weighted by Crippen LogP contribution is 2.39. The van der Waals surface area contributed by atoms with Crippen molar-refractivity contribution in [3.05, 3.63) is 52.5 Å². The first kappa shape index (κ1) is 27.8. The minimum absolute atomic E-state index is 0.0160. The van der Waals surface area contributed by atoms with Crippen molar-refractivity contribution in [1.29, 1.82) is 0 Å². The van der Waals surface area contributed by atoms with Crippen LogP contribution in [0.25, 0.3) is 0 Å². The zero-order chi connectivity index (χ0) is 27.2. The van der Waals surface area contributed by atoms with Crippen molar-refractivity contribution in [3.8, 4) is 5.75 Å². The molecule has 2 N–H and O–H groups in total. The molecule has 1 aromatic heterocycles. The Kier molecular flexibility index (Phi) is 9.32. The van der Waals surface area contributed by atoms with E-state index in [1.54, 1.807) is 6.07 Å². The molecule has 0 bridgehead atoms. The quantitative estimate of drug-likeness (QED) is 0.360. The van der Waals surface area contributed by atoms with Crippen LogP contribution < -0.4 is 10.1 Å². The van der Waals surface area contributed by atoms with Gasteiger partial charge in [0, 0.05) is 44.1 Å². The number of fused-ring (bicyclic) bond motifs is 1. The van der Waals surface area contributed by atoms with E-state index in [0.29, 0.717) is 37.4 Å². The van der Waals surface area contributed by atoms with E-state index in [4.69, 9.17) is 19.2 Å². The molecule has 9 heteroatoms. The van der Waals surface area contributed by atoms with Crippen LogP contribution in [0.4, 0.5) is 10.2 Å². The van der Waals surface area contributed by atoms with Gasteiger partial charge in [0.15, 0.2) is 11.6 Å². The molecule has 1 unspecified atom stereocenters. The summed E-state index contributed by atoms with van der Waals surface area (Å²) < 4.78 is 32.2. The van der Waals surface area contributed by atoms with Crippen LogP contribution in [0.2, 0.25) is 0 Å². The molecule has 0 amide bonds. The van der Waals surface area contributed by atoms with E-state index in [1.165, 1.54) is 25.2 Å². The maximum atomic E-state index is 15.0. The number of aliphatic carboxylic acids is 1. The average molecular weight is 542 g/mol. The van der Waals surface area contributed by atoms with Gasteiger partial charge in [0.2, 0.25) is 0 Å². The fraction of sp³-hybridized carbons (Fsp3) is 0.600. The van der Waals surface area contributed by atoms with Crippen molar-refractivity contribution in [3.63, 3.8) is 0 Å². The topological polar surface area (TPSA) is 93.2 Å². The van der Waals surface area contributed by atoms with Gasteiger partial charge in [-0.3, -0.25) is 9.69 Å². The number of likely N-dealkylation sites (tertiary alicyclic amines) is 1. The highest BCUT2D eigenvalue weighted by Gasteiger charge is 2.37. The van der Waals surface area contributed by atoms with Crippen LogP contribution in [0.5, 0.6) is 5.75 Å². The number of nitrogens with zero attached hydrogens (tertiary/aromatic N) is 2. The second kappa shape index (κ2) is 13.1. The Morgan fingerprint density at radius 1 is 1.26 bits per heavy atom. The Hall–Kier alpha value is -2.75. The van der Waals surface area contributed by atoms with Gasteiger partial charge in [-0.25, -0.2) is 9.37 Å². The Morgan fingerprint density at radius 3 is 2.95 bits per heavy atom. The minimum atomic E-state index is -1.02. The first-order valence-electron chi connectivity index (χ1n) is 14.3. The van der Waals surface area contributed by atoms with E-state index in [0.717, 1.165) is 69.4 Å². The lowest BCUT2D eigenvalue weighted by molar-refractivity contribution is -0.143. The number of anilines is 1. The fourth-order valence-corrected chi connectivity index (χ4v) is 6.03. The molecule has 2 saturated heterocycles. The number of carboxylic acids is 1. The van der Waals surface area contributed by atoms with Crippen molar-refractivity contribution in [1.82, 2.24) is 9.88 Å². The third-order valence-electron chi connectivity index (χ3n) is 8.05. The Morgan fingerprint density at radius 2 is 2.15 bits per heavy atom. The van der Waals surface area contributed by atoms with Crippen LogP contribution in [0.3, 0.4) is 0 Å². The third kappa shape index (κ3) is 6.70. The minimum Gasteiger partial charge on any atom is -0.493 e.